The summed E-state index contributed by atoms with van der Waals surface area (Å²) in [5.41, 5.74) is 1.60. The van der Waals surface area contributed by atoms with Gasteiger partial charge in [-0.25, -0.2) is 0 Å². The molecule has 0 bridgehead atoms. The van der Waals surface area contributed by atoms with Crippen molar-refractivity contribution in [2.75, 3.05) is 0 Å². The molecule has 1 atom stereocenters. The minimum absolute atomic E-state index is 0.630. The molecule has 0 rings (SSSR count). The van der Waals surface area contributed by atoms with Crippen LogP contribution in [0.4, 0.5) is 0 Å². The van der Waals surface area contributed by atoms with Crippen LogP contribution in [0.2, 0.25) is 0 Å². The fourth-order valence-corrected chi connectivity index (χ4v) is 2.72. The van der Waals surface area contributed by atoms with Crippen LogP contribution in [0.15, 0.2) is 10.8 Å². The van der Waals surface area contributed by atoms with Gasteiger partial charge in [-0.2, -0.15) is 0 Å². The van der Waals surface area contributed by atoms with Crippen molar-refractivity contribution in [3.05, 3.63) is 10.8 Å². The quantitative estimate of drug-likeness (QED) is 0.653. The molecule has 0 saturated heterocycles. The molecule has 1 nitrogen and oxygen atoms in total. The molecular weight excluding hydrogens is 198 g/mol. The lowest BCUT2D eigenvalue weighted by molar-refractivity contribution is 0.128. The fraction of sp³-hybridized carbons (Fsp3) is 0.846. The van der Waals surface area contributed by atoms with Gasteiger partial charge >= 0.3 is 0 Å². The second-order valence-corrected chi connectivity index (χ2v) is 6.74. The summed E-state index contributed by atoms with van der Waals surface area (Å²) in [5.74, 6) is 0. The Hall–Kier alpha value is -0.0831. The lowest BCUT2D eigenvalue weighted by Gasteiger charge is -2.39. The summed E-state index contributed by atoms with van der Waals surface area (Å²) in [6.45, 7) is 16.1. The molecule has 0 aliphatic rings. The van der Waals surface area contributed by atoms with E-state index in [0.717, 1.165) is 0 Å². The van der Waals surface area contributed by atoms with E-state index in [0.29, 0.717) is 18.1 Å². The van der Waals surface area contributed by atoms with Crippen LogP contribution in [0.1, 0.15) is 54.9 Å². The third kappa shape index (κ3) is 4.11. The molecule has 0 heterocycles. The van der Waals surface area contributed by atoms with Gasteiger partial charge in [-0.05, 0) is 48.0 Å². The van der Waals surface area contributed by atoms with Crippen molar-refractivity contribution < 1.29 is 0 Å². The summed E-state index contributed by atoms with van der Waals surface area (Å²) in [5, 5.41) is 1.60. The summed E-state index contributed by atoms with van der Waals surface area (Å²) >= 11 is 0. The van der Waals surface area contributed by atoms with Gasteiger partial charge in [-0.1, -0.05) is 17.7 Å². The van der Waals surface area contributed by atoms with Crippen LogP contribution < -0.4 is 0 Å². The smallest absolute Gasteiger partial charge is 0.0329 e. The maximum absolute atomic E-state index is 2.64. The summed E-state index contributed by atoms with van der Waals surface area (Å²) in [7, 11) is 1.20. The van der Waals surface area contributed by atoms with Crippen molar-refractivity contribution in [2.24, 2.45) is 0 Å². The van der Waals surface area contributed by atoms with Gasteiger partial charge in [0.1, 0.15) is 0 Å². The van der Waals surface area contributed by atoms with Gasteiger partial charge in [0.2, 0.25) is 0 Å². The Kier molecular flexibility index (Phi) is 6.45. The van der Waals surface area contributed by atoms with Crippen molar-refractivity contribution in [3.8, 4) is 0 Å². The van der Waals surface area contributed by atoms with Crippen LogP contribution in [-0.2, 0) is 0 Å². The summed E-state index contributed by atoms with van der Waals surface area (Å²) in [6.07, 6.45) is 1.22. The number of nitrogens with zero attached hydrogens (tertiary/aromatic N) is 1. The van der Waals surface area contributed by atoms with Gasteiger partial charge in [-0.15, -0.1) is 0 Å². The highest BCUT2D eigenvalue weighted by Crippen LogP contribution is 2.21. The standard InChI is InChI=1S/C13H29NSi/c1-8-13(11(6)12(7)15)14(9(2)3)10(4)5/h9-10,13H,8H2,1-7,15H3. The molecule has 0 amide bonds. The molecule has 0 aromatic carbocycles. The first-order valence-corrected chi connectivity index (χ1v) is 7.24. The van der Waals surface area contributed by atoms with Crippen LogP contribution >= 0.6 is 0 Å². The molecule has 0 aromatic heterocycles. The van der Waals surface area contributed by atoms with E-state index in [2.05, 4.69) is 53.4 Å². The van der Waals surface area contributed by atoms with E-state index in [4.69, 9.17) is 0 Å². The maximum Gasteiger partial charge on any atom is 0.0329 e. The van der Waals surface area contributed by atoms with E-state index >= 15 is 0 Å². The largest absolute Gasteiger partial charge is 0.292 e. The topological polar surface area (TPSA) is 3.24 Å². The molecule has 1 unspecified atom stereocenters. The molecule has 90 valence electrons. The molecule has 2 heteroatoms. The molecular formula is C13H29NSi. The Morgan fingerprint density at radius 2 is 1.47 bits per heavy atom. The lowest BCUT2D eigenvalue weighted by atomic mass is 10.0. The fourth-order valence-electron chi connectivity index (χ4n) is 2.39. The lowest BCUT2D eigenvalue weighted by Crippen LogP contribution is -2.45. The van der Waals surface area contributed by atoms with E-state index in [9.17, 15) is 0 Å². The molecule has 0 aliphatic heterocycles. The molecule has 0 fully saturated rings. The summed E-state index contributed by atoms with van der Waals surface area (Å²) < 4.78 is 0. The average Bonchev–Trinajstić information content (AvgIpc) is 2.10. The van der Waals surface area contributed by atoms with Crippen LogP contribution in [-0.4, -0.2) is 33.3 Å². The number of rotatable bonds is 5. The van der Waals surface area contributed by atoms with Gasteiger partial charge in [0.05, 0.1) is 0 Å². The number of allylic oxidation sites excluding steroid dienone is 1. The first-order chi connectivity index (χ1) is 6.82. The zero-order valence-electron chi connectivity index (χ0n) is 11.9. The predicted octanol–water partition coefficient (Wildman–Crippen LogP) is 2.54. The molecule has 0 radical (unpaired) electrons. The monoisotopic (exact) mass is 227 g/mol. The van der Waals surface area contributed by atoms with Crippen molar-refractivity contribution in [1.29, 1.82) is 0 Å². The zero-order chi connectivity index (χ0) is 12.2. The zero-order valence-corrected chi connectivity index (χ0v) is 13.9. The van der Waals surface area contributed by atoms with E-state index in [1.165, 1.54) is 16.7 Å². The maximum atomic E-state index is 2.64. The Labute approximate surface area is 99.4 Å². The van der Waals surface area contributed by atoms with Crippen LogP contribution in [0.25, 0.3) is 0 Å². The van der Waals surface area contributed by atoms with Gasteiger partial charge in [-0.3, -0.25) is 4.90 Å². The van der Waals surface area contributed by atoms with E-state index < -0.39 is 0 Å². The normalized spacial score (nSPS) is 16.4. The number of hydrogen-bond acceptors (Lipinski definition) is 1. The van der Waals surface area contributed by atoms with E-state index in [1.807, 2.05) is 0 Å². The second-order valence-electron chi connectivity index (χ2n) is 5.24. The van der Waals surface area contributed by atoms with Crippen molar-refractivity contribution >= 4 is 10.2 Å². The van der Waals surface area contributed by atoms with Gasteiger partial charge in [0.25, 0.3) is 0 Å². The molecule has 0 aromatic rings. The van der Waals surface area contributed by atoms with Crippen LogP contribution in [0, 0.1) is 0 Å². The Morgan fingerprint density at radius 1 is 1.07 bits per heavy atom. The second kappa shape index (κ2) is 6.49. The van der Waals surface area contributed by atoms with Crippen LogP contribution in [0.5, 0.6) is 0 Å². The average molecular weight is 227 g/mol. The molecule has 0 aliphatic carbocycles. The Balaban J connectivity index is 5.00. The van der Waals surface area contributed by atoms with Crippen LogP contribution in [0.3, 0.4) is 0 Å². The predicted molar refractivity (Wildman–Crippen MR) is 74.5 cm³/mol. The van der Waals surface area contributed by atoms with E-state index in [-0.39, 0.29) is 0 Å². The summed E-state index contributed by atoms with van der Waals surface area (Å²) in [4.78, 5) is 2.64. The molecule has 15 heavy (non-hydrogen) atoms. The van der Waals surface area contributed by atoms with Gasteiger partial charge < -0.3 is 0 Å². The SMILES string of the molecule is CCC(C(C)=C(C)[SiH3])N(C(C)C)C(C)C. The Morgan fingerprint density at radius 3 is 1.67 bits per heavy atom. The Bertz CT molecular complexity index is 207. The minimum atomic E-state index is 0.630. The van der Waals surface area contributed by atoms with Gasteiger partial charge in [0, 0.05) is 28.4 Å². The van der Waals surface area contributed by atoms with Crippen molar-refractivity contribution in [3.63, 3.8) is 0 Å². The third-order valence-corrected chi connectivity index (χ3v) is 4.02. The van der Waals surface area contributed by atoms with Crippen molar-refractivity contribution in [2.45, 2.75) is 73.0 Å². The highest BCUT2D eigenvalue weighted by Gasteiger charge is 2.23. The highest BCUT2D eigenvalue weighted by molar-refractivity contribution is 6.21. The molecule has 0 saturated carbocycles. The highest BCUT2D eigenvalue weighted by atomic mass is 28.1. The summed E-state index contributed by atoms with van der Waals surface area (Å²) in [6, 6.07) is 1.90. The van der Waals surface area contributed by atoms with E-state index in [1.54, 1.807) is 10.8 Å². The third-order valence-electron chi connectivity index (χ3n) is 3.23. The first-order valence-electron chi connectivity index (χ1n) is 6.24. The molecule has 0 N–H and O–H groups in total. The van der Waals surface area contributed by atoms with Crippen molar-refractivity contribution in [1.82, 2.24) is 4.90 Å². The first kappa shape index (κ1) is 14.9. The van der Waals surface area contributed by atoms with Gasteiger partial charge in [0.15, 0.2) is 0 Å². The molecule has 0 spiro atoms. The number of hydrogen-bond donors (Lipinski definition) is 0. The minimum Gasteiger partial charge on any atom is -0.292 e.